The molecule has 0 saturated carbocycles. The lowest BCUT2D eigenvalue weighted by molar-refractivity contribution is -0.123. The van der Waals surface area contributed by atoms with Gasteiger partial charge < -0.3 is 10.2 Å². The van der Waals surface area contributed by atoms with Crippen LogP contribution in [0.1, 0.15) is 28.8 Å². The molecule has 0 spiro atoms. The van der Waals surface area contributed by atoms with Gasteiger partial charge in [-0.1, -0.05) is 15.9 Å². The van der Waals surface area contributed by atoms with Crippen LogP contribution >= 0.6 is 15.9 Å². The molecule has 2 aliphatic rings. The van der Waals surface area contributed by atoms with Crippen LogP contribution in [-0.2, 0) is 4.79 Å². The third-order valence-corrected chi connectivity index (χ3v) is 4.61. The summed E-state index contributed by atoms with van der Waals surface area (Å²) in [7, 11) is 0. The fourth-order valence-electron chi connectivity index (χ4n) is 3.23. The molecule has 4 nitrogen and oxygen atoms in total. The number of rotatable bonds is 1. The van der Waals surface area contributed by atoms with Gasteiger partial charge in [-0.3, -0.25) is 9.59 Å². The van der Waals surface area contributed by atoms with E-state index in [2.05, 4.69) is 21.2 Å². The van der Waals surface area contributed by atoms with E-state index in [0.29, 0.717) is 12.1 Å². The van der Waals surface area contributed by atoms with Gasteiger partial charge in [0, 0.05) is 23.1 Å². The van der Waals surface area contributed by atoms with Gasteiger partial charge in [0.2, 0.25) is 5.91 Å². The van der Waals surface area contributed by atoms with Gasteiger partial charge >= 0.3 is 0 Å². The van der Waals surface area contributed by atoms with Crippen LogP contribution in [0.5, 0.6) is 0 Å². The molecule has 2 aliphatic heterocycles. The minimum absolute atomic E-state index is 0.0167. The van der Waals surface area contributed by atoms with Gasteiger partial charge in [-0.25, -0.2) is 0 Å². The summed E-state index contributed by atoms with van der Waals surface area (Å²) in [6, 6.07) is 5.75. The van der Waals surface area contributed by atoms with Crippen LogP contribution in [-0.4, -0.2) is 35.8 Å². The zero-order chi connectivity index (χ0) is 14.3. The number of aryl methyl sites for hydroxylation is 1. The van der Waals surface area contributed by atoms with Crippen LogP contribution < -0.4 is 5.32 Å². The highest BCUT2D eigenvalue weighted by Crippen LogP contribution is 2.29. The Kier molecular flexibility index (Phi) is 3.54. The van der Waals surface area contributed by atoms with Crippen molar-refractivity contribution in [2.75, 3.05) is 13.1 Å². The summed E-state index contributed by atoms with van der Waals surface area (Å²) in [6.07, 6.45) is 1.78. The molecule has 20 heavy (non-hydrogen) atoms. The predicted octanol–water partition coefficient (Wildman–Crippen LogP) is 2.11. The molecule has 2 unspecified atom stereocenters. The van der Waals surface area contributed by atoms with Crippen molar-refractivity contribution in [3.8, 4) is 0 Å². The lowest BCUT2D eigenvalue weighted by Crippen LogP contribution is -2.48. The SMILES string of the molecule is Cc1cc(Br)cc(C(=O)N2CCCC3C(=O)NCC32)c1. The van der Waals surface area contributed by atoms with Crippen molar-refractivity contribution in [1.29, 1.82) is 0 Å². The molecule has 106 valence electrons. The number of nitrogens with zero attached hydrogens (tertiary/aromatic N) is 1. The molecular formula is C15H17BrN2O2. The summed E-state index contributed by atoms with van der Waals surface area (Å²) in [5.41, 5.74) is 1.74. The zero-order valence-corrected chi connectivity index (χ0v) is 12.9. The topological polar surface area (TPSA) is 49.4 Å². The van der Waals surface area contributed by atoms with Crippen LogP contribution in [0.3, 0.4) is 0 Å². The first-order chi connectivity index (χ1) is 9.56. The van der Waals surface area contributed by atoms with Gasteiger partial charge in [0.05, 0.1) is 12.0 Å². The third-order valence-electron chi connectivity index (χ3n) is 4.15. The highest BCUT2D eigenvalue weighted by Gasteiger charge is 2.42. The molecule has 2 fully saturated rings. The lowest BCUT2D eigenvalue weighted by Gasteiger charge is -2.36. The van der Waals surface area contributed by atoms with E-state index in [4.69, 9.17) is 0 Å². The summed E-state index contributed by atoms with van der Waals surface area (Å²) in [5, 5.41) is 2.88. The standard InChI is InChI=1S/C15H17BrN2O2/c1-9-5-10(7-11(16)6-9)15(20)18-4-2-3-12-13(18)8-17-14(12)19/h5-7,12-13H,2-4,8H2,1H3,(H,17,19). The summed E-state index contributed by atoms with van der Waals surface area (Å²) >= 11 is 3.43. The van der Waals surface area contributed by atoms with E-state index in [1.54, 1.807) is 0 Å². The van der Waals surface area contributed by atoms with Crippen LogP contribution in [0.25, 0.3) is 0 Å². The number of hydrogen-bond donors (Lipinski definition) is 1. The molecule has 1 aromatic rings. The fraction of sp³-hybridized carbons (Fsp3) is 0.467. The number of amides is 2. The first kappa shape index (κ1) is 13.6. The number of nitrogens with one attached hydrogen (secondary N) is 1. The highest BCUT2D eigenvalue weighted by molar-refractivity contribution is 9.10. The van der Waals surface area contributed by atoms with Crippen molar-refractivity contribution in [3.05, 3.63) is 33.8 Å². The molecule has 2 heterocycles. The molecule has 0 radical (unpaired) electrons. The Balaban J connectivity index is 1.88. The maximum Gasteiger partial charge on any atom is 0.254 e. The van der Waals surface area contributed by atoms with E-state index >= 15 is 0 Å². The van der Waals surface area contributed by atoms with E-state index in [-0.39, 0.29) is 23.8 Å². The number of likely N-dealkylation sites (tertiary alicyclic amines) is 1. The van der Waals surface area contributed by atoms with Crippen molar-refractivity contribution in [3.63, 3.8) is 0 Å². The van der Waals surface area contributed by atoms with Crippen molar-refractivity contribution in [2.24, 2.45) is 5.92 Å². The average molecular weight is 337 g/mol. The molecule has 1 N–H and O–H groups in total. The quantitative estimate of drug-likeness (QED) is 0.853. The molecule has 1 aromatic carbocycles. The van der Waals surface area contributed by atoms with Crippen LogP contribution in [0.15, 0.2) is 22.7 Å². The smallest absolute Gasteiger partial charge is 0.254 e. The maximum absolute atomic E-state index is 12.7. The predicted molar refractivity (Wildman–Crippen MR) is 79.4 cm³/mol. The molecule has 5 heteroatoms. The first-order valence-electron chi connectivity index (χ1n) is 6.92. The Bertz CT molecular complexity index is 553. The lowest BCUT2D eigenvalue weighted by atomic mass is 9.91. The fourth-order valence-corrected chi connectivity index (χ4v) is 3.84. The summed E-state index contributed by atoms with van der Waals surface area (Å²) < 4.78 is 0.912. The van der Waals surface area contributed by atoms with Crippen molar-refractivity contribution < 1.29 is 9.59 Å². The minimum atomic E-state index is -0.0269. The number of hydrogen-bond acceptors (Lipinski definition) is 2. The number of halogens is 1. The van der Waals surface area contributed by atoms with E-state index in [1.807, 2.05) is 30.0 Å². The van der Waals surface area contributed by atoms with E-state index in [0.717, 1.165) is 29.4 Å². The number of benzene rings is 1. The van der Waals surface area contributed by atoms with Gasteiger partial charge in [0.25, 0.3) is 5.91 Å². The van der Waals surface area contributed by atoms with Gasteiger partial charge in [0.1, 0.15) is 0 Å². The molecule has 2 atom stereocenters. The summed E-state index contributed by atoms with van der Waals surface area (Å²) in [5.74, 6) is 0.0967. The number of fused-ring (bicyclic) bond motifs is 1. The summed E-state index contributed by atoms with van der Waals surface area (Å²) in [6.45, 7) is 3.30. The van der Waals surface area contributed by atoms with E-state index in [1.165, 1.54) is 0 Å². The van der Waals surface area contributed by atoms with E-state index < -0.39 is 0 Å². The van der Waals surface area contributed by atoms with E-state index in [9.17, 15) is 9.59 Å². The third kappa shape index (κ3) is 2.35. The van der Waals surface area contributed by atoms with Gasteiger partial charge in [-0.15, -0.1) is 0 Å². The zero-order valence-electron chi connectivity index (χ0n) is 11.4. The number of piperidine rings is 1. The molecule has 0 bridgehead atoms. The van der Waals surface area contributed by atoms with Crippen LogP contribution in [0, 0.1) is 12.8 Å². The normalized spacial score (nSPS) is 25.3. The highest BCUT2D eigenvalue weighted by atomic mass is 79.9. The van der Waals surface area contributed by atoms with Crippen LogP contribution in [0.4, 0.5) is 0 Å². The Hall–Kier alpha value is -1.36. The second kappa shape index (κ2) is 5.20. The van der Waals surface area contributed by atoms with Crippen LogP contribution in [0.2, 0.25) is 0 Å². The van der Waals surface area contributed by atoms with Gasteiger partial charge in [-0.2, -0.15) is 0 Å². The molecule has 3 rings (SSSR count). The van der Waals surface area contributed by atoms with Gasteiger partial charge in [0.15, 0.2) is 0 Å². The average Bonchev–Trinajstić information content (AvgIpc) is 2.79. The number of carbonyl (C=O) groups is 2. The summed E-state index contributed by atoms with van der Waals surface area (Å²) in [4.78, 5) is 26.4. The number of carbonyl (C=O) groups excluding carboxylic acids is 2. The second-order valence-corrected chi connectivity index (χ2v) is 6.49. The Morgan fingerprint density at radius 3 is 2.95 bits per heavy atom. The Labute approximate surface area is 126 Å². The molecule has 0 aliphatic carbocycles. The van der Waals surface area contributed by atoms with Crippen molar-refractivity contribution in [2.45, 2.75) is 25.8 Å². The Morgan fingerprint density at radius 1 is 1.40 bits per heavy atom. The molecule has 2 amide bonds. The first-order valence-corrected chi connectivity index (χ1v) is 7.71. The Morgan fingerprint density at radius 2 is 2.20 bits per heavy atom. The minimum Gasteiger partial charge on any atom is -0.354 e. The molecular weight excluding hydrogens is 320 g/mol. The van der Waals surface area contributed by atoms with Crippen molar-refractivity contribution >= 4 is 27.7 Å². The maximum atomic E-state index is 12.7. The second-order valence-electron chi connectivity index (χ2n) is 5.58. The molecule has 0 aromatic heterocycles. The molecule has 2 saturated heterocycles. The van der Waals surface area contributed by atoms with Crippen molar-refractivity contribution in [1.82, 2.24) is 10.2 Å². The monoisotopic (exact) mass is 336 g/mol. The van der Waals surface area contributed by atoms with Gasteiger partial charge in [-0.05, 0) is 43.5 Å². The largest absolute Gasteiger partial charge is 0.354 e.